The zero-order valence-electron chi connectivity index (χ0n) is 13.5. The lowest BCUT2D eigenvalue weighted by Gasteiger charge is -2.49. The van der Waals surface area contributed by atoms with Crippen molar-refractivity contribution < 1.29 is 0 Å². The van der Waals surface area contributed by atoms with Crippen LogP contribution in [-0.2, 0) is 0 Å². The summed E-state index contributed by atoms with van der Waals surface area (Å²) in [6.07, 6.45) is 5.11. The van der Waals surface area contributed by atoms with Gasteiger partial charge in [-0.2, -0.15) is 0 Å². The molecule has 0 heterocycles. The van der Waals surface area contributed by atoms with E-state index in [9.17, 15) is 0 Å². The minimum absolute atomic E-state index is 0.138. The molecule has 2 nitrogen and oxygen atoms in total. The first-order valence-electron chi connectivity index (χ1n) is 8.00. The summed E-state index contributed by atoms with van der Waals surface area (Å²) < 4.78 is 0. The fourth-order valence-corrected chi connectivity index (χ4v) is 3.78. The minimum atomic E-state index is 0.138. The summed E-state index contributed by atoms with van der Waals surface area (Å²) in [6, 6.07) is 8.66. The van der Waals surface area contributed by atoms with Crippen molar-refractivity contribution in [1.82, 2.24) is 0 Å². The number of hydrogen-bond donors (Lipinski definition) is 1. The van der Waals surface area contributed by atoms with Gasteiger partial charge in [-0.25, -0.2) is 0 Å². The van der Waals surface area contributed by atoms with Gasteiger partial charge in [-0.1, -0.05) is 44.9 Å². The standard InChI is InChI=1S/C18H30N2/c1-14(2)16-9-7-11-18(12-16,13-19)20(4)17-10-6-5-8-15(17)3/h5-6,8,10,14,16H,7,9,11-13,19H2,1-4H3. The van der Waals surface area contributed by atoms with Crippen molar-refractivity contribution in [3.8, 4) is 0 Å². The molecular weight excluding hydrogens is 244 g/mol. The summed E-state index contributed by atoms with van der Waals surface area (Å²) in [5.41, 5.74) is 9.06. The number of para-hydroxylation sites is 1. The smallest absolute Gasteiger partial charge is 0.0523 e. The van der Waals surface area contributed by atoms with Crippen molar-refractivity contribution in [1.29, 1.82) is 0 Å². The molecule has 2 atom stereocenters. The van der Waals surface area contributed by atoms with Gasteiger partial charge in [0.15, 0.2) is 0 Å². The van der Waals surface area contributed by atoms with Crippen molar-refractivity contribution in [3.63, 3.8) is 0 Å². The van der Waals surface area contributed by atoms with Crippen molar-refractivity contribution in [2.24, 2.45) is 17.6 Å². The summed E-state index contributed by atoms with van der Waals surface area (Å²) in [5, 5.41) is 0. The first kappa shape index (κ1) is 15.4. The second-order valence-electron chi connectivity index (χ2n) is 6.87. The molecule has 2 N–H and O–H groups in total. The fourth-order valence-electron chi connectivity index (χ4n) is 3.78. The van der Waals surface area contributed by atoms with Crippen LogP contribution in [0.1, 0.15) is 45.1 Å². The molecule has 2 heteroatoms. The average Bonchev–Trinajstić information content (AvgIpc) is 2.47. The van der Waals surface area contributed by atoms with Crippen LogP contribution >= 0.6 is 0 Å². The maximum Gasteiger partial charge on any atom is 0.0523 e. The van der Waals surface area contributed by atoms with E-state index in [-0.39, 0.29) is 5.54 Å². The summed E-state index contributed by atoms with van der Waals surface area (Å²) in [5.74, 6) is 1.56. The second kappa shape index (κ2) is 6.17. The molecule has 112 valence electrons. The Morgan fingerprint density at radius 3 is 2.65 bits per heavy atom. The predicted molar refractivity (Wildman–Crippen MR) is 88.2 cm³/mol. The summed E-state index contributed by atoms with van der Waals surface area (Å²) in [7, 11) is 2.23. The van der Waals surface area contributed by atoms with E-state index >= 15 is 0 Å². The second-order valence-corrected chi connectivity index (χ2v) is 6.87. The lowest BCUT2D eigenvalue weighted by molar-refractivity contribution is 0.183. The number of anilines is 1. The largest absolute Gasteiger partial charge is 0.367 e. The van der Waals surface area contributed by atoms with Crippen molar-refractivity contribution in [3.05, 3.63) is 29.8 Å². The Morgan fingerprint density at radius 1 is 1.35 bits per heavy atom. The van der Waals surface area contributed by atoms with Crippen LogP contribution in [0.25, 0.3) is 0 Å². The molecule has 1 aromatic rings. The Morgan fingerprint density at radius 2 is 2.05 bits per heavy atom. The van der Waals surface area contributed by atoms with Crippen molar-refractivity contribution in [2.45, 2.75) is 52.0 Å². The van der Waals surface area contributed by atoms with Gasteiger partial charge < -0.3 is 10.6 Å². The molecule has 1 saturated carbocycles. The van der Waals surface area contributed by atoms with Gasteiger partial charge in [0, 0.05) is 19.3 Å². The Kier molecular flexibility index (Phi) is 4.74. The molecule has 1 fully saturated rings. The van der Waals surface area contributed by atoms with E-state index in [1.165, 1.54) is 36.9 Å². The lowest BCUT2D eigenvalue weighted by Crippen LogP contribution is -2.55. The topological polar surface area (TPSA) is 29.3 Å². The number of rotatable bonds is 4. The van der Waals surface area contributed by atoms with E-state index in [2.05, 4.69) is 57.0 Å². The van der Waals surface area contributed by atoms with Crippen molar-refractivity contribution in [2.75, 3.05) is 18.5 Å². The molecule has 1 aliphatic rings. The third kappa shape index (κ3) is 2.85. The summed E-state index contributed by atoms with van der Waals surface area (Å²) in [6.45, 7) is 7.65. The zero-order valence-corrected chi connectivity index (χ0v) is 13.5. The van der Waals surface area contributed by atoms with Gasteiger partial charge in [0.2, 0.25) is 0 Å². The monoisotopic (exact) mass is 274 g/mol. The number of likely N-dealkylation sites (N-methyl/N-ethyl adjacent to an activating group) is 1. The van der Waals surface area contributed by atoms with Crippen LogP contribution in [0.15, 0.2) is 24.3 Å². The van der Waals surface area contributed by atoms with E-state index < -0.39 is 0 Å². The number of nitrogens with two attached hydrogens (primary N) is 1. The molecule has 1 aromatic carbocycles. The highest BCUT2D eigenvalue weighted by Gasteiger charge is 2.39. The van der Waals surface area contributed by atoms with E-state index in [1.807, 2.05) is 0 Å². The van der Waals surface area contributed by atoms with Crippen LogP contribution < -0.4 is 10.6 Å². The number of aryl methyl sites for hydroxylation is 1. The molecule has 0 radical (unpaired) electrons. The van der Waals surface area contributed by atoms with Gasteiger partial charge in [0.05, 0.1) is 5.54 Å². The maximum absolute atomic E-state index is 6.25. The van der Waals surface area contributed by atoms with Crippen molar-refractivity contribution >= 4 is 5.69 Å². The molecule has 0 spiro atoms. The Balaban J connectivity index is 2.28. The first-order valence-corrected chi connectivity index (χ1v) is 8.00. The highest BCUT2D eigenvalue weighted by molar-refractivity contribution is 5.54. The molecule has 0 aromatic heterocycles. The third-order valence-corrected chi connectivity index (χ3v) is 5.37. The van der Waals surface area contributed by atoms with Gasteiger partial charge >= 0.3 is 0 Å². The van der Waals surface area contributed by atoms with Crippen LogP contribution in [0, 0.1) is 18.8 Å². The number of benzene rings is 1. The average molecular weight is 274 g/mol. The molecule has 0 bridgehead atoms. The Labute approximate surface area is 124 Å². The third-order valence-electron chi connectivity index (χ3n) is 5.37. The van der Waals surface area contributed by atoms with Crippen LogP contribution in [0.5, 0.6) is 0 Å². The molecule has 2 unspecified atom stereocenters. The van der Waals surface area contributed by atoms with Gasteiger partial charge in [-0.05, 0) is 43.2 Å². The summed E-state index contributed by atoms with van der Waals surface area (Å²) in [4.78, 5) is 2.47. The first-order chi connectivity index (χ1) is 9.50. The lowest BCUT2D eigenvalue weighted by atomic mass is 9.71. The molecular formula is C18H30N2. The number of hydrogen-bond acceptors (Lipinski definition) is 2. The SMILES string of the molecule is Cc1ccccc1N(C)C1(CN)CCCC(C(C)C)C1. The van der Waals surface area contributed by atoms with Crippen LogP contribution in [0.4, 0.5) is 5.69 Å². The Bertz CT molecular complexity index is 441. The maximum atomic E-state index is 6.25. The van der Waals surface area contributed by atoms with E-state index in [0.717, 1.165) is 18.4 Å². The summed E-state index contributed by atoms with van der Waals surface area (Å²) >= 11 is 0. The molecule has 0 saturated heterocycles. The quantitative estimate of drug-likeness (QED) is 0.900. The van der Waals surface area contributed by atoms with Gasteiger partial charge in [-0.3, -0.25) is 0 Å². The van der Waals surface area contributed by atoms with Gasteiger partial charge in [0.25, 0.3) is 0 Å². The minimum Gasteiger partial charge on any atom is -0.367 e. The normalized spacial score (nSPS) is 26.8. The highest BCUT2D eigenvalue weighted by Crippen LogP contribution is 2.41. The van der Waals surface area contributed by atoms with E-state index in [0.29, 0.717) is 0 Å². The van der Waals surface area contributed by atoms with E-state index in [4.69, 9.17) is 5.73 Å². The molecule has 0 amide bonds. The van der Waals surface area contributed by atoms with Gasteiger partial charge in [0.1, 0.15) is 0 Å². The molecule has 1 aliphatic carbocycles. The predicted octanol–water partition coefficient (Wildman–Crippen LogP) is 3.97. The fraction of sp³-hybridized carbons (Fsp3) is 0.667. The van der Waals surface area contributed by atoms with E-state index in [1.54, 1.807) is 0 Å². The molecule has 2 rings (SSSR count). The molecule has 0 aliphatic heterocycles. The van der Waals surface area contributed by atoms with Crippen LogP contribution in [0.2, 0.25) is 0 Å². The van der Waals surface area contributed by atoms with Crippen LogP contribution in [0.3, 0.4) is 0 Å². The van der Waals surface area contributed by atoms with Crippen LogP contribution in [-0.4, -0.2) is 19.1 Å². The van der Waals surface area contributed by atoms with Gasteiger partial charge in [-0.15, -0.1) is 0 Å². The zero-order chi connectivity index (χ0) is 14.8. The molecule has 20 heavy (non-hydrogen) atoms. The Hall–Kier alpha value is -1.02. The number of nitrogens with zero attached hydrogens (tertiary/aromatic N) is 1. The highest BCUT2D eigenvalue weighted by atomic mass is 15.2.